The van der Waals surface area contributed by atoms with Crippen molar-refractivity contribution in [1.29, 1.82) is 0 Å². The van der Waals surface area contributed by atoms with Crippen LogP contribution in [0, 0.1) is 0 Å². The van der Waals surface area contributed by atoms with Crippen molar-refractivity contribution in [3.63, 3.8) is 0 Å². The van der Waals surface area contributed by atoms with E-state index in [1.807, 2.05) is 0 Å². The topological polar surface area (TPSA) is 3.24 Å². The Labute approximate surface area is 86.7 Å². The fourth-order valence-electron chi connectivity index (χ4n) is 2.29. The highest BCUT2D eigenvalue weighted by Crippen LogP contribution is 2.28. The summed E-state index contributed by atoms with van der Waals surface area (Å²) in [6.45, 7) is 9.21. The molecule has 0 bridgehead atoms. The highest BCUT2D eigenvalue weighted by atomic mass is 15.2. The van der Waals surface area contributed by atoms with Crippen molar-refractivity contribution in [3.05, 3.63) is 35.4 Å². The SMILES string of the molecule is CC1CN(C(C)C)Cc2ccccc21. The molecule has 1 unspecified atom stereocenters. The molecule has 0 spiro atoms. The molecule has 14 heavy (non-hydrogen) atoms. The Morgan fingerprint density at radius 1 is 1.29 bits per heavy atom. The van der Waals surface area contributed by atoms with Crippen molar-refractivity contribution in [2.24, 2.45) is 0 Å². The van der Waals surface area contributed by atoms with Crippen LogP contribution in [0.3, 0.4) is 0 Å². The molecule has 1 heteroatoms. The van der Waals surface area contributed by atoms with E-state index in [0.717, 1.165) is 6.54 Å². The highest BCUT2D eigenvalue weighted by Gasteiger charge is 2.22. The predicted octanol–water partition coefficient (Wildman–Crippen LogP) is 3.01. The summed E-state index contributed by atoms with van der Waals surface area (Å²) in [5.74, 6) is 0.683. The molecule has 0 amide bonds. The van der Waals surface area contributed by atoms with Gasteiger partial charge >= 0.3 is 0 Å². The molecule has 0 radical (unpaired) electrons. The molecular formula is C13H19N. The van der Waals surface area contributed by atoms with E-state index < -0.39 is 0 Å². The summed E-state index contributed by atoms with van der Waals surface area (Å²) in [4.78, 5) is 2.55. The van der Waals surface area contributed by atoms with Crippen LogP contribution in [-0.2, 0) is 6.54 Å². The Hall–Kier alpha value is -0.820. The molecule has 1 aliphatic rings. The third-order valence-electron chi connectivity index (χ3n) is 3.20. The Kier molecular flexibility index (Phi) is 2.60. The van der Waals surface area contributed by atoms with Gasteiger partial charge in [0.05, 0.1) is 0 Å². The number of rotatable bonds is 1. The maximum absolute atomic E-state index is 2.55. The van der Waals surface area contributed by atoms with E-state index in [2.05, 4.69) is 49.9 Å². The minimum Gasteiger partial charge on any atom is -0.296 e. The molecule has 76 valence electrons. The fraction of sp³-hybridized carbons (Fsp3) is 0.538. The first-order chi connectivity index (χ1) is 6.68. The molecule has 0 N–H and O–H groups in total. The third kappa shape index (κ3) is 1.69. The van der Waals surface area contributed by atoms with Crippen LogP contribution >= 0.6 is 0 Å². The summed E-state index contributed by atoms with van der Waals surface area (Å²) in [7, 11) is 0. The second-order valence-corrected chi connectivity index (χ2v) is 4.62. The molecule has 0 fully saturated rings. The second-order valence-electron chi connectivity index (χ2n) is 4.62. The van der Waals surface area contributed by atoms with Crippen molar-refractivity contribution < 1.29 is 0 Å². The molecule has 0 saturated carbocycles. The maximum Gasteiger partial charge on any atom is 0.0239 e. The fourth-order valence-corrected chi connectivity index (χ4v) is 2.29. The van der Waals surface area contributed by atoms with Crippen LogP contribution in [0.1, 0.15) is 37.8 Å². The minimum atomic E-state index is 0.658. The van der Waals surface area contributed by atoms with Crippen molar-refractivity contribution in [3.8, 4) is 0 Å². The lowest BCUT2D eigenvalue weighted by molar-refractivity contribution is 0.188. The summed E-state index contributed by atoms with van der Waals surface area (Å²) in [5, 5.41) is 0. The lowest BCUT2D eigenvalue weighted by Crippen LogP contribution is -2.37. The zero-order chi connectivity index (χ0) is 10.1. The average Bonchev–Trinajstić information content (AvgIpc) is 2.17. The molecule has 1 heterocycles. The molecule has 1 aromatic rings. The second kappa shape index (κ2) is 3.74. The smallest absolute Gasteiger partial charge is 0.0239 e. The zero-order valence-corrected chi connectivity index (χ0v) is 9.33. The van der Waals surface area contributed by atoms with Crippen LogP contribution in [0.25, 0.3) is 0 Å². The van der Waals surface area contributed by atoms with Crippen molar-refractivity contribution in [2.75, 3.05) is 6.54 Å². The first-order valence-corrected chi connectivity index (χ1v) is 5.50. The van der Waals surface area contributed by atoms with E-state index in [0.29, 0.717) is 12.0 Å². The molecule has 0 aromatic heterocycles. The van der Waals surface area contributed by atoms with Gasteiger partial charge in [0.2, 0.25) is 0 Å². The molecule has 2 rings (SSSR count). The van der Waals surface area contributed by atoms with Gasteiger partial charge in [-0.1, -0.05) is 31.2 Å². The molecule has 1 aromatic carbocycles. The molecule has 1 aliphatic heterocycles. The molecule has 0 aliphatic carbocycles. The summed E-state index contributed by atoms with van der Waals surface area (Å²) < 4.78 is 0. The third-order valence-corrected chi connectivity index (χ3v) is 3.20. The quantitative estimate of drug-likeness (QED) is 0.656. The van der Waals surface area contributed by atoms with Gasteiger partial charge in [0.15, 0.2) is 0 Å². The van der Waals surface area contributed by atoms with Gasteiger partial charge in [0.25, 0.3) is 0 Å². The predicted molar refractivity (Wildman–Crippen MR) is 60.4 cm³/mol. The zero-order valence-electron chi connectivity index (χ0n) is 9.33. The lowest BCUT2D eigenvalue weighted by atomic mass is 9.90. The van der Waals surface area contributed by atoms with Gasteiger partial charge in [-0.2, -0.15) is 0 Å². The first kappa shape index (κ1) is 9.72. The molecule has 0 saturated heterocycles. The van der Waals surface area contributed by atoms with Gasteiger partial charge in [-0.05, 0) is 30.9 Å². The largest absolute Gasteiger partial charge is 0.296 e. The van der Waals surface area contributed by atoms with Crippen molar-refractivity contribution in [1.82, 2.24) is 4.90 Å². The average molecular weight is 189 g/mol. The van der Waals surface area contributed by atoms with Gasteiger partial charge in [-0.3, -0.25) is 4.90 Å². The van der Waals surface area contributed by atoms with Gasteiger partial charge in [0, 0.05) is 19.1 Å². The maximum atomic E-state index is 2.55. The van der Waals surface area contributed by atoms with E-state index in [9.17, 15) is 0 Å². The van der Waals surface area contributed by atoms with Crippen molar-refractivity contribution in [2.45, 2.75) is 39.3 Å². The van der Waals surface area contributed by atoms with Crippen LogP contribution in [-0.4, -0.2) is 17.5 Å². The van der Waals surface area contributed by atoms with E-state index in [4.69, 9.17) is 0 Å². The Morgan fingerprint density at radius 3 is 2.71 bits per heavy atom. The number of benzene rings is 1. The Balaban J connectivity index is 2.29. The van der Waals surface area contributed by atoms with Gasteiger partial charge in [0.1, 0.15) is 0 Å². The standard InChI is InChI=1S/C13H19N/c1-10(2)14-8-11(3)13-7-5-4-6-12(13)9-14/h4-7,10-11H,8-9H2,1-3H3. The van der Waals surface area contributed by atoms with Crippen molar-refractivity contribution >= 4 is 0 Å². The highest BCUT2D eigenvalue weighted by molar-refractivity contribution is 5.32. The molecular weight excluding hydrogens is 170 g/mol. The molecule has 1 atom stereocenters. The van der Waals surface area contributed by atoms with Crippen LogP contribution in [0.5, 0.6) is 0 Å². The summed E-state index contributed by atoms with van der Waals surface area (Å²) in [6.07, 6.45) is 0. The van der Waals surface area contributed by atoms with Gasteiger partial charge in [-0.15, -0.1) is 0 Å². The first-order valence-electron chi connectivity index (χ1n) is 5.50. The van der Waals surface area contributed by atoms with E-state index in [1.54, 1.807) is 5.56 Å². The summed E-state index contributed by atoms with van der Waals surface area (Å²) in [6, 6.07) is 9.50. The summed E-state index contributed by atoms with van der Waals surface area (Å²) >= 11 is 0. The van der Waals surface area contributed by atoms with Crippen LogP contribution in [0.2, 0.25) is 0 Å². The Morgan fingerprint density at radius 2 is 2.00 bits per heavy atom. The van der Waals surface area contributed by atoms with Crippen LogP contribution in [0.15, 0.2) is 24.3 Å². The number of hydrogen-bond donors (Lipinski definition) is 0. The van der Waals surface area contributed by atoms with E-state index >= 15 is 0 Å². The van der Waals surface area contributed by atoms with E-state index in [1.165, 1.54) is 12.1 Å². The monoisotopic (exact) mass is 189 g/mol. The van der Waals surface area contributed by atoms with E-state index in [-0.39, 0.29) is 0 Å². The van der Waals surface area contributed by atoms with Gasteiger partial charge in [-0.25, -0.2) is 0 Å². The van der Waals surface area contributed by atoms with Crippen LogP contribution in [0.4, 0.5) is 0 Å². The normalized spacial score (nSPS) is 22.4. The number of nitrogens with zero attached hydrogens (tertiary/aromatic N) is 1. The lowest BCUT2D eigenvalue weighted by Gasteiger charge is -2.35. The Bertz CT molecular complexity index is 317. The van der Waals surface area contributed by atoms with Crippen LogP contribution < -0.4 is 0 Å². The minimum absolute atomic E-state index is 0.658. The molecule has 1 nitrogen and oxygen atoms in total. The number of fused-ring (bicyclic) bond motifs is 1. The van der Waals surface area contributed by atoms with Gasteiger partial charge < -0.3 is 0 Å². The summed E-state index contributed by atoms with van der Waals surface area (Å²) in [5.41, 5.74) is 3.06. The number of hydrogen-bond acceptors (Lipinski definition) is 1.